The standard InChI is InChI=1S/C16H14ClFO2S/c17-13-7-6-12(14(18)9-13)10-21-15(16(19)20)8-11-4-2-1-3-5-11/h1-7,9,15H,8,10H2,(H,19,20). The summed E-state index contributed by atoms with van der Waals surface area (Å²) in [5.74, 6) is -0.996. The molecule has 2 aromatic carbocycles. The third kappa shape index (κ3) is 4.76. The summed E-state index contributed by atoms with van der Waals surface area (Å²) in [7, 11) is 0. The first-order valence-corrected chi connectivity index (χ1v) is 7.81. The average molecular weight is 325 g/mol. The van der Waals surface area contributed by atoms with Crippen molar-refractivity contribution in [3.63, 3.8) is 0 Å². The zero-order chi connectivity index (χ0) is 15.2. The van der Waals surface area contributed by atoms with Gasteiger partial charge in [-0.2, -0.15) is 0 Å². The molecule has 0 fully saturated rings. The molecule has 1 atom stereocenters. The highest BCUT2D eigenvalue weighted by molar-refractivity contribution is 7.99. The van der Waals surface area contributed by atoms with E-state index >= 15 is 0 Å². The van der Waals surface area contributed by atoms with Gasteiger partial charge < -0.3 is 5.11 Å². The van der Waals surface area contributed by atoms with Crippen LogP contribution in [-0.2, 0) is 17.0 Å². The summed E-state index contributed by atoms with van der Waals surface area (Å²) in [6.07, 6.45) is 0.413. The summed E-state index contributed by atoms with van der Waals surface area (Å²) in [5.41, 5.74) is 1.41. The van der Waals surface area contributed by atoms with E-state index in [1.165, 1.54) is 17.8 Å². The number of halogens is 2. The molecule has 0 amide bonds. The maximum atomic E-state index is 13.7. The zero-order valence-corrected chi connectivity index (χ0v) is 12.7. The van der Waals surface area contributed by atoms with Crippen molar-refractivity contribution in [2.75, 3.05) is 0 Å². The first-order chi connectivity index (χ1) is 10.1. The molecular formula is C16H14ClFO2S. The smallest absolute Gasteiger partial charge is 0.316 e. The monoisotopic (exact) mass is 324 g/mol. The van der Waals surface area contributed by atoms with Gasteiger partial charge in [0.25, 0.3) is 0 Å². The molecule has 21 heavy (non-hydrogen) atoms. The Kier molecular flexibility index (Phi) is 5.65. The van der Waals surface area contributed by atoms with Crippen LogP contribution in [0.4, 0.5) is 4.39 Å². The van der Waals surface area contributed by atoms with Gasteiger partial charge in [0.2, 0.25) is 0 Å². The highest BCUT2D eigenvalue weighted by Crippen LogP contribution is 2.24. The van der Waals surface area contributed by atoms with Crippen LogP contribution >= 0.6 is 23.4 Å². The molecule has 2 rings (SSSR count). The minimum absolute atomic E-state index is 0.298. The van der Waals surface area contributed by atoms with Gasteiger partial charge in [-0.3, -0.25) is 4.79 Å². The zero-order valence-electron chi connectivity index (χ0n) is 11.1. The number of carbonyl (C=O) groups is 1. The third-order valence-electron chi connectivity index (χ3n) is 2.99. The van der Waals surface area contributed by atoms with Crippen LogP contribution in [0.3, 0.4) is 0 Å². The average Bonchev–Trinajstić information content (AvgIpc) is 2.46. The number of hydrogen-bond donors (Lipinski definition) is 1. The molecule has 0 saturated carbocycles. The molecule has 2 nitrogen and oxygen atoms in total. The summed E-state index contributed by atoms with van der Waals surface area (Å²) >= 11 is 6.91. The van der Waals surface area contributed by atoms with E-state index in [1.54, 1.807) is 12.1 Å². The van der Waals surface area contributed by atoms with Gasteiger partial charge in [-0.15, -0.1) is 11.8 Å². The normalized spacial score (nSPS) is 12.1. The molecule has 1 N–H and O–H groups in total. The van der Waals surface area contributed by atoms with Crippen LogP contribution in [-0.4, -0.2) is 16.3 Å². The molecular weight excluding hydrogens is 311 g/mol. The molecule has 0 saturated heterocycles. The van der Waals surface area contributed by atoms with Gasteiger partial charge in [0, 0.05) is 10.8 Å². The minimum atomic E-state index is -0.891. The van der Waals surface area contributed by atoms with Gasteiger partial charge in [0.1, 0.15) is 11.1 Å². The van der Waals surface area contributed by atoms with Gasteiger partial charge >= 0.3 is 5.97 Å². The fourth-order valence-electron chi connectivity index (χ4n) is 1.87. The van der Waals surface area contributed by atoms with Crippen LogP contribution in [0.1, 0.15) is 11.1 Å². The van der Waals surface area contributed by atoms with Crippen molar-refractivity contribution in [3.05, 3.63) is 70.5 Å². The fraction of sp³-hybridized carbons (Fsp3) is 0.188. The summed E-state index contributed by atoms with van der Waals surface area (Å²) < 4.78 is 13.7. The van der Waals surface area contributed by atoms with Gasteiger partial charge in [0.15, 0.2) is 0 Å². The minimum Gasteiger partial charge on any atom is -0.480 e. The van der Waals surface area contributed by atoms with E-state index in [4.69, 9.17) is 11.6 Å². The number of benzene rings is 2. The SMILES string of the molecule is O=C(O)C(Cc1ccccc1)SCc1ccc(Cl)cc1F. The number of rotatable bonds is 6. The van der Waals surface area contributed by atoms with Crippen molar-refractivity contribution in [3.8, 4) is 0 Å². The molecule has 0 aliphatic carbocycles. The van der Waals surface area contributed by atoms with Crippen LogP contribution in [0.15, 0.2) is 48.5 Å². The van der Waals surface area contributed by atoms with Gasteiger partial charge in [-0.1, -0.05) is 48.0 Å². The Morgan fingerprint density at radius 2 is 1.95 bits per heavy atom. The van der Waals surface area contributed by atoms with Crippen LogP contribution < -0.4 is 0 Å². The first-order valence-electron chi connectivity index (χ1n) is 6.38. The van der Waals surface area contributed by atoms with Crippen LogP contribution in [0.25, 0.3) is 0 Å². The topological polar surface area (TPSA) is 37.3 Å². The summed E-state index contributed by atoms with van der Waals surface area (Å²) in [5, 5.41) is 9.02. The Bertz CT molecular complexity index is 619. The molecule has 0 spiro atoms. The third-order valence-corrected chi connectivity index (χ3v) is 4.48. The maximum Gasteiger partial charge on any atom is 0.316 e. The van der Waals surface area contributed by atoms with Crippen LogP contribution in [0, 0.1) is 5.82 Å². The Balaban J connectivity index is 2.02. The van der Waals surface area contributed by atoms with Crippen molar-refractivity contribution in [2.45, 2.75) is 17.4 Å². The molecule has 2 aromatic rings. The quantitative estimate of drug-likeness (QED) is 0.855. The van der Waals surface area contributed by atoms with Gasteiger partial charge in [-0.25, -0.2) is 4.39 Å². The second kappa shape index (κ2) is 7.48. The Morgan fingerprint density at radius 3 is 2.57 bits per heavy atom. The molecule has 110 valence electrons. The lowest BCUT2D eigenvalue weighted by Gasteiger charge is -2.12. The van der Waals surface area contributed by atoms with Crippen molar-refractivity contribution >= 4 is 29.3 Å². The predicted molar refractivity (Wildman–Crippen MR) is 84.3 cm³/mol. The Labute approximate surface area is 131 Å². The number of thioether (sulfide) groups is 1. The maximum absolute atomic E-state index is 13.7. The molecule has 0 aliphatic rings. The summed E-state index contributed by atoms with van der Waals surface area (Å²) in [6, 6.07) is 13.8. The lowest BCUT2D eigenvalue weighted by atomic mass is 10.1. The largest absolute Gasteiger partial charge is 0.480 e. The van der Waals surface area contributed by atoms with E-state index in [0.717, 1.165) is 5.56 Å². The summed E-state index contributed by atoms with van der Waals surface area (Å²) in [6.45, 7) is 0. The Morgan fingerprint density at radius 1 is 1.24 bits per heavy atom. The van der Waals surface area contributed by atoms with Crippen molar-refractivity contribution in [2.24, 2.45) is 0 Å². The van der Waals surface area contributed by atoms with E-state index in [2.05, 4.69) is 0 Å². The van der Waals surface area contributed by atoms with Gasteiger partial charge in [0.05, 0.1) is 0 Å². The number of aliphatic carboxylic acids is 1. The van der Waals surface area contributed by atoms with E-state index in [0.29, 0.717) is 22.8 Å². The van der Waals surface area contributed by atoms with Crippen molar-refractivity contribution in [1.82, 2.24) is 0 Å². The number of carboxylic acids is 1. The highest BCUT2D eigenvalue weighted by atomic mass is 35.5. The highest BCUT2D eigenvalue weighted by Gasteiger charge is 2.19. The summed E-state index contributed by atoms with van der Waals surface area (Å²) in [4.78, 5) is 11.3. The van der Waals surface area contributed by atoms with Crippen molar-refractivity contribution < 1.29 is 14.3 Å². The second-order valence-corrected chi connectivity index (χ2v) is 6.19. The fourth-order valence-corrected chi connectivity index (χ4v) is 3.10. The molecule has 0 aromatic heterocycles. The molecule has 5 heteroatoms. The molecule has 1 unspecified atom stereocenters. The molecule has 0 radical (unpaired) electrons. The van der Waals surface area contributed by atoms with E-state index in [-0.39, 0.29) is 0 Å². The van der Waals surface area contributed by atoms with E-state index < -0.39 is 17.0 Å². The van der Waals surface area contributed by atoms with Gasteiger partial charge in [-0.05, 0) is 29.7 Å². The molecule has 0 aliphatic heterocycles. The predicted octanol–water partition coefficient (Wildman–Crippen LogP) is 4.41. The second-order valence-electron chi connectivity index (χ2n) is 4.56. The molecule has 0 bridgehead atoms. The lowest BCUT2D eigenvalue weighted by Crippen LogP contribution is -2.19. The number of hydrogen-bond acceptors (Lipinski definition) is 2. The molecule has 0 heterocycles. The number of carboxylic acid groups (broad SMARTS) is 1. The van der Waals surface area contributed by atoms with Crippen LogP contribution in [0.2, 0.25) is 5.02 Å². The lowest BCUT2D eigenvalue weighted by molar-refractivity contribution is -0.136. The van der Waals surface area contributed by atoms with E-state index in [9.17, 15) is 14.3 Å². The van der Waals surface area contributed by atoms with Crippen LogP contribution in [0.5, 0.6) is 0 Å². The Hall–Kier alpha value is -1.52. The van der Waals surface area contributed by atoms with E-state index in [1.807, 2.05) is 30.3 Å². The van der Waals surface area contributed by atoms with Crippen molar-refractivity contribution in [1.29, 1.82) is 0 Å². The first kappa shape index (κ1) is 15.9.